The molecule has 0 aliphatic carbocycles. The molecule has 0 radical (unpaired) electrons. The SMILES string of the molecule is COc1ccc(-c2cn3c(CC(=O)NCCn4nc(-c5cccs5)ccc4=O)csc3n2)cc1. The highest BCUT2D eigenvalue weighted by molar-refractivity contribution is 7.15. The Bertz CT molecular complexity index is 1480. The van der Waals surface area contributed by atoms with E-state index in [9.17, 15) is 9.59 Å². The quantitative estimate of drug-likeness (QED) is 0.357. The summed E-state index contributed by atoms with van der Waals surface area (Å²) in [7, 11) is 1.63. The molecule has 0 aliphatic rings. The number of hydrogen-bond donors (Lipinski definition) is 1. The maximum atomic E-state index is 12.6. The number of nitrogens with one attached hydrogen (secondary N) is 1. The van der Waals surface area contributed by atoms with Gasteiger partial charge in [0.25, 0.3) is 5.56 Å². The summed E-state index contributed by atoms with van der Waals surface area (Å²) >= 11 is 3.06. The molecule has 0 saturated heterocycles. The number of nitrogens with zero attached hydrogens (tertiary/aromatic N) is 4. The van der Waals surface area contributed by atoms with Crippen LogP contribution >= 0.6 is 22.7 Å². The molecular formula is C24H21N5O3S2. The molecule has 1 amide bonds. The van der Waals surface area contributed by atoms with Gasteiger partial charge < -0.3 is 10.1 Å². The van der Waals surface area contributed by atoms with Crippen LogP contribution in [-0.2, 0) is 17.8 Å². The van der Waals surface area contributed by atoms with Crippen molar-refractivity contribution in [2.24, 2.45) is 0 Å². The highest BCUT2D eigenvalue weighted by Crippen LogP contribution is 2.25. The first-order chi connectivity index (χ1) is 16.6. The standard InChI is InChI=1S/C24H21N5O3S2/c1-32-18-6-4-16(5-7-18)20-14-28-17(15-34-24(28)26-20)13-22(30)25-10-11-29-23(31)9-8-19(27-29)21-3-2-12-33-21/h2-9,12,14-15H,10-11,13H2,1H3,(H,25,30). The van der Waals surface area contributed by atoms with E-state index < -0.39 is 0 Å². The van der Waals surface area contributed by atoms with Gasteiger partial charge in [-0.1, -0.05) is 6.07 Å². The molecule has 0 atom stereocenters. The maximum absolute atomic E-state index is 12.6. The third-order valence-corrected chi connectivity index (χ3v) is 7.08. The van der Waals surface area contributed by atoms with Gasteiger partial charge in [0, 0.05) is 35.4 Å². The lowest BCUT2D eigenvalue weighted by Crippen LogP contribution is -2.32. The van der Waals surface area contributed by atoms with Gasteiger partial charge in [0.2, 0.25) is 5.91 Å². The van der Waals surface area contributed by atoms with Crippen LogP contribution < -0.4 is 15.6 Å². The van der Waals surface area contributed by atoms with Gasteiger partial charge in [-0.3, -0.25) is 14.0 Å². The Morgan fingerprint density at radius 1 is 1.09 bits per heavy atom. The minimum absolute atomic E-state index is 0.123. The molecule has 5 aromatic rings. The highest BCUT2D eigenvalue weighted by Gasteiger charge is 2.13. The first kappa shape index (κ1) is 22.1. The van der Waals surface area contributed by atoms with Gasteiger partial charge in [-0.05, 0) is 41.8 Å². The van der Waals surface area contributed by atoms with Gasteiger partial charge in [0.05, 0.1) is 30.6 Å². The number of imidazole rings is 1. The number of ether oxygens (including phenoxy) is 1. The number of benzene rings is 1. The number of carbonyl (C=O) groups is 1. The largest absolute Gasteiger partial charge is 0.497 e. The number of fused-ring (bicyclic) bond motifs is 1. The molecule has 8 nitrogen and oxygen atoms in total. The van der Waals surface area contributed by atoms with Crippen LogP contribution in [0.1, 0.15) is 5.69 Å². The van der Waals surface area contributed by atoms with Crippen LogP contribution in [0, 0.1) is 0 Å². The van der Waals surface area contributed by atoms with Crippen LogP contribution in [0.5, 0.6) is 5.75 Å². The minimum Gasteiger partial charge on any atom is -0.497 e. The first-order valence-electron chi connectivity index (χ1n) is 10.6. The number of hydrogen-bond acceptors (Lipinski definition) is 7. The average molecular weight is 492 g/mol. The van der Waals surface area contributed by atoms with Crippen molar-refractivity contribution in [3.05, 3.63) is 81.5 Å². The summed E-state index contributed by atoms with van der Waals surface area (Å²) < 4.78 is 8.54. The van der Waals surface area contributed by atoms with E-state index in [1.165, 1.54) is 22.1 Å². The molecular weight excluding hydrogens is 470 g/mol. The molecule has 0 aliphatic heterocycles. The third kappa shape index (κ3) is 4.63. The second-order valence-corrected chi connectivity index (χ2v) is 9.30. The fourth-order valence-corrected chi connectivity index (χ4v) is 5.11. The van der Waals surface area contributed by atoms with Crippen LogP contribution in [-0.4, -0.2) is 38.7 Å². The van der Waals surface area contributed by atoms with Crippen molar-refractivity contribution >= 4 is 33.5 Å². The van der Waals surface area contributed by atoms with E-state index in [4.69, 9.17) is 4.74 Å². The molecule has 1 aromatic carbocycles. The van der Waals surface area contributed by atoms with Crippen LogP contribution in [0.2, 0.25) is 0 Å². The summed E-state index contributed by atoms with van der Waals surface area (Å²) in [4.78, 5) is 31.2. The number of methoxy groups -OCH3 is 1. The monoisotopic (exact) mass is 491 g/mol. The highest BCUT2D eigenvalue weighted by atomic mass is 32.1. The summed E-state index contributed by atoms with van der Waals surface area (Å²) in [5, 5.41) is 11.2. The third-order valence-electron chi connectivity index (χ3n) is 5.30. The van der Waals surface area contributed by atoms with Crippen molar-refractivity contribution in [2.45, 2.75) is 13.0 Å². The molecule has 0 bridgehead atoms. The van der Waals surface area contributed by atoms with Gasteiger partial charge >= 0.3 is 0 Å². The Hall–Kier alpha value is -3.76. The Balaban J connectivity index is 1.22. The lowest BCUT2D eigenvalue weighted by atomic mass is 10.2. The summed E-state index contributed by atoms with van der Waals surface area (Å²) in [6, 6.07) is 14.8. The smallest absolute Gasteiger partial charge is 0.266 e. The Morgan fingerprint density at radius 2 is 1.94 bits per heavy atom. The van der Waals surface area contributed by atoms with Gasteiger partial charge in [-0.25, -0.2) is 9.67 Å². The van der Waals surface area contributed by atoms with Crippen LogP contribution in [0.25, 0.3) is 26.8 Å². The molecule has 0 saturated carbocycles. The molecule has 1 N–H and O–H groups in total. The average Bonchev–Trinajstić information content (AvgIpc) is 3.60. The van der Waals surface area contributed by atoms with Crippen LogP contribution in [0.15, 0.2) is 70.3 Å². The number of thiazole rings is 1. The van der Waals surface area contributed by atoms with Crippen molar-refractivity contribution in [2.75, 3.05) is 13.7 Å². The Labute approximate surface area is 203 Å². The van der Waals surface area contributed by atoms with Crippen molar-refractivity contribution in [3.8, 4) is 27.6 Å². The topological polar surface area (TPSA) is 90.5 Å². The second-order valence-electron chi connectivity index (χ2n) is 7.52. The van der Waals surface area contributed by atoms with E-state index in [0.717, 1.165) is 38.2 Å². The number of aromatic nitrogens is 4. The van der Waals surface area contributed by atoms with E-state index in [0.29, 0.717) is 13.1 Å². The molecule has 0 spiro atoms. The predicted molar refractivity (Wildman–Crippen MR) is 134 cm³/mol. The zero-order valence-corrected chi connectivity index (χ0v) is 19.9. The first-order valence-corrected chi connectivity index (χ1v) is 12.4. The zero-order valence-electron chi connectivity index (χ0n) is 18.3. The van der Waals surface area contributed by atoms with Crippen LogP contribution in [0.3, 0.4) is 0 Å². The van der Waals surface area contributed by atoms with E-state index >= 15 is 0 Å². The van der Waals surface area contributed by atoms with Gasteiger partial charge in [0.1, 0.15) is 11.4 Å². The molecule has 34 heavy (non-hydrogen) atoms. The van der Waals surface area contributed by atoms with Gasteiger partial charge in [-0.2, -0.15) is 5.10 Å². The summed E-state index contributed by atoms with van der Waals surface area (Å²) in [6.07, 6.45) is 2.16. The summed E-state index contributed by atoms with van der Waals surface area (Å²) in [5.74, 6) is 0.666. The number of amides is 1. The van der Waals surface area contributed by atoms with E-state index in [1.807, 2.05) is 57.8 Å². The van der Waals surface area contributed by atoms with Crippen molar-refractivity contribution in [3.63, 3.8) is 0 Å². The normalized spacial score (nSPS) is 11.1. The van der Waals surface area contributed by atoms with Crippen molar-refractivity contribution < 1.29 is 9.53 Å². The molecule has 4 aromatic heterocycles. The van der Waals surface area contributed by atoms with E-state index in [-0.39, 0.29) is 17.9 Å². The molecule has 0 unspecified atom stereocenters. The number of rotatable bonds is 8. The zero-order chi connectivity index (χ0) is 23.5. The fraction of sp³-hybridized carbons (Fsp3) is 0.167. The molecule has 0 fully saturated rings. The van der Waals surface area contributed by atoms with Crippen LogP contribution in [0.4, 0.5) is 0 Å². The number of carbonyl (C=O) groups excluding carboxylic acids is 1. The Morgan fingerprint density at radius 3 is 2.71 bits per heavy atom. The van der Waals surface area contributed by atoms with E-state index in [2.05, 4.69) is 15.4 Å². The maximum Gasteiger partial charge on any atom is 0.266 e. The van der Waals surface area contributed by atoms with Gasteiger partial charge in [0.15, 0.2) is 4.96 Å². The lowest BCUT2D eigenvalue weighted by Gasteiger charge is -2.08. The molecule has 5 rings (SSSR count). The lowest BCUT2D eigenvalue weighted by molar-refractivity contribution is -0.120. The fourth-order valence-electron chi connectivity index (χ4n) is 3.55. The minimum atomic E-state index is -0.196. The Kier molecular flexibility index (Phi) is 6.24. The molecule has 10 heteroatoms. The molecule has 172 valence electrons. The summed E-state index contributed by atoms with van der Waals surface area (Å²) in [6.45, 7) is 0.615. The molecule has 4 heterocycles. The second kappa shape index (κ2) is 9.62. The van der Waals surface area contributed by atoms with Gasteiger partial charge in [-0.15, -0.1) is 22.7 Å². The predicted octanol–water partition coefficient (Wildman–Crippen LogP) is 3.72. The van der Waals surface area contributed by atoms with Crippen molar-refractivity contribution in [1.82, 2.24) is 24.5 Å². The van der Waals surface area contributed by atoms with E-state index in [1.54, 1.807) is 24.5 Å². The van der Waals surface area contributed by atoms with Crippen molar-refractivity contribution in [1.29, 1.82) is 0 Å². The number of thiophene rings is 1. The summed E-state index contributed by atoms with van der Waals surface area (Å²) in [5.41, 5.74) is 3.23.